The van der Waals surface area contributed by atoms with Gasteiger partial charge in [-0.1, -0.05) is 36.4 Å². The minimum Gasteiger partial charge on any atom is -0.303 e. The van der Waals surface area contributed by atoms with Crippen molar-refractivity contribution in [2.75, 3.05) is 0 Å². The Morgan fingerprint density at radius 3 is 2.62 bits per heavy atom. The molecule has 0 saturated carbocycles. The zero-order valence-corrected chi connectivity index (χ0v) is 8.97. The topological polar surface area (TPSA) is 30.0 Å². The van der Waals surface area contributed by atoms with Gasteiger partial charge < -0.3 is 4.79 Å². The molecule has 0 fully saturated rings. The molecule has 0 spiro atoms. The number of aromatic nitrogens is 1. The van der Waals surface area contributed by atoms with E-state index < -0.39 is 0 Å². The Morgan fingerprint density at radius 1 is 1.06 bits per heavy atom. The molecule has 0 N–H and O–H groups in total. The van der Waals surface area contributed by atoms with E-state index in [1.165, 1.54) is 0 Å². The monoisotopic (exact) mass is 211 g/mol. The van der Waals surface area contributed by atoms with Crippen molar-refractivity contribution in [3.05, 3.63) is 54.2 Å². The van der Waals surface area contributed by atoms with Crippen LogP contribution in [-0.4, -0.2) is 11.3 Å². The van der Waals surface area contributed by atoms with Crippen molar-refractivity contribution in [2.45, 2.75) is 12.8 Å². The highest BCUT2D eigenvalue weighted by Crippen LogP contribution is 2.21. The summed E-state index contributed by atoms with van der Waals surface area (Å²) >= 11 is 0. The second kappa shape index (κ2) is 5.21. The van der Waals surface area contributed by atoms with Gasteiger partial charge in [-0.15, -0.1) is 0 Å². The summed E-state index contributed by atoms with van der Waals surface area (Å²) in [4.78, 5) is 14.8. The van der Waals surface area contributed by atoms with Crippen LogP contribution in [0.1, 0.15) is 12.0 Å². The molecule has 2 heteroatoms. The third kappa shape index (κ3) is 2.34. The molecule has 1 heterocycles. The van der Waals surface area contributed by atoms with Gasteiger partial charge in [0.05, 0.1) is 5.69 Å². The largest absolute Gasteiger partial charge is 0.303 e. The number of aldehydes is 1. The SMILES string of the molecule is O=CCCc1cccnc1-c1ccccc1. The Morgan fingerprint density at radius 2 is 1.88 bits per heavy atom. The number of rotatable bonds is 4. The standard InChI is InChI=1S/C14H13NO/c16-11-5-9-13-8-4-10-15-14(13)12-6-2-1-3-7-12/h1-4,6-8,10-11H,5,9H2. The Balaban J connectivity index is 2.36. The quantitative estimate of drug-likeness (QED) is 0.728. The first-order valence-electron chi connectivity index (χ1n) is 5.35. The third-order valence-electron chi connectivity index (χ3n) is 2.47. The fourth-order valence-corrected chi connectivity index (χ4v) is 1.71. The summed E-state index contributed by atoms with van der Waals surface area (Å²) in [5.74, 6) is 0. The van der Waals surface area contributed by atoms with Gasteiger partial charge in [0.15, 0.2) is 0 Å². The second-order valence-electron chi connectivity index (χ2n) is 3.58. The first kappa shape index (κ1) is 10.6. The van der Waals surface area contributed by atoms with Gasteiger partial charge in [0.2, 0.25) is 0 Å². The van der Waals surface area contributed by atoms with Crippen LogP contribution in [0.5, 0.6) is 0 Å². The number of pyridine rings is 1. The minimum absolute atomic E-state index is 0.547. The molecule has 0 radical (unpaired) electrons. The summed E-state index contributed by atoms with van der Waals surface area (Å²) in [5, 5.41) is 0. The highest BCUT2D eigenvalue weighted by Gasteiger charge is 2.04. The maximum atomic E-state index is 10.4. The molecule has 1 aromatic heterocycles. The Labute approximate surface area is 95.0 Å². The average molecular weight is 211 g/mol. The summed E-state index contributed by atoms with van der Waals surface area (Å²) in [6.07, 6.45) is 4.03. The van der Waals surface area contributed by atoms with Gasteiger partial charge in [0.1, 0.15) is 6.29 Å². The summed E-state index contributed by atoms with van der Waals surface area (Å²) in [6, 6.07) is 14.0. The Hall–Kier alpha value is -1.96. The van der Waals surface area contributed by atoms with E-state index in [-0.39, 0.29) is 0 Å². The lowest BCUT2D eigenvalue weighted by molar-refractivity contribution is -0.107. The highest BCUT2D eigenvalue weighted by atomic mass is 16.1. The van der Waals surface area contributed by atoms with Gasteiger partial charge in [0.25, 0.3) is 0 Å². The van der Waals surface area contributed by atoms with Crippen LogP contribution in [0.15, 0.2) is 48.7 Å². The van der Waals surface area contributed by atoms with E-state index in [0.717, 1.165) is 29.5 Å². The molecule has 0 amide bonds. The molecular formula is C14H13NO. The van der Waals surface area contributed by atoms with Crippen molar-refractivity contribution in [1.82, 2.24) is 4.98 Å². The van der Waals surface area contributed by atoms with E-state index in [4.69, 9.17) is 0 Å². The molecule has 0 aliphatic rings. The van der Waals surface area contributed by atoms with Crippen LogP contribution in [0.3, 0.4) is 0 Å². The molecule has 0 aliphatic carbocycles. The molecule has 2 nitrogen and oxygen atoms in total. The van der Waals surface area contributed by atoms with E-state index in [1.54, 1.807) is 6.20 Å². The molecule has 2 aromatic rings. The molecule has 0 aliphatic heterocycles. The smallest absolute Gasteiger partial charge is 0.120 e. The van der Waals surface area contributed by atoms with E-state index in [2.05, 4.69) is 4.98 Å². The number of benzene rings is 1. The van der Waals surface area contributed by atoms with E-state index >= 15 is 0 Å². The van der Waals surface area contributed by atoms with Gasteiger partial charge >= 0.3 is 0 Å². The zero-order valence-electron chi connectivity index (χ0n) is 8.97. The van der Waals surface area contributed by atoms with Crippen molar-refractivity contribution in [2.24, 2.45) is 0 Å². The Kier molecular flexibility index (Phi) is 3.44. The lowest BCUT2D eigenvalue weighted by Gasteiger charge is -2.06. The molecule has 2 rings (SSSR count). The molecule has 0 unspecified atom stereocenters. The lowest BCUT2D eigenvalue weighted by atomic mass is 10.0. The maximum Gasteiger partial charge on any atom is 0.120 e. The van der Waals surface area contributed by atoms with E-state index in [0.29, 0.717) is 6.42 Å². The summed E-state index contributed by atoms with van der Waals surface area (Å²) in [7, 11) is 0. The van der Waals surface area contributed by atoms with Crippen LogP contribution in [0.4, 0.5) is 0 Å². The molecule has 0 saturated heterocycles. The van der Waals surface area contributed by atoms with Gasteiger partial charge in [-0.2, -0.15) is 0 Å². The number of hydrogen-bond donors (Lipinski definition) is 0. The zero-order chi connectivity index (χ0) is 11.2. The van der Waals surface area contributed by atoms with Gasteiger partial charge in [-0.05, 0) is 18.1 Å². The summed E-state index contributed by atoms with van der Waals surface area (Å²) in [5.41, 5.74) is 3.20. The number of nitrogens with zero attached hydrogens (tertiary/aromatic N) is 1. The van der Waals surface area contributed by atoms with E-state index in [1.807, 2.05) is 42.5 Å². The number of carbonyl (C=O) groups is 1. The number of hydrogen-bond acceptors (Lipinski definition) is 2. The van der Waals surface area contributed by atoms with Gasteiger partial charge in [-0.3, -0.25) is 4.98 Å². The van der Waals surface area contributed by atoms with Gasteiger partial charge in [0, 0.05) is 18.2 Å². The molecule has 0 bridgehead atoms. The fourth-order valence-electron chi connectivity index (χ4n) is 1.71. The lowest BCUT2D eigenvalue weighted by Crippen LogP contribution is -1.93. The predicted molar refractivity (Wildman–Crippen MR) is 64.1 cm³/mol. The van der Waals surface area contributed by atoms with Crippen molar-refractivity contribution in [1.29, 1.82) is 0 Å². The summed E-state index contributed by atoms with van der Waals surface area (Å²) < 4.78 is 0. The third-order valence-corrected chi connectivity index (χ3v) is 2.47. The molecular weight excluding hydrogens is 198 g/mol. The Bertz CT molecular complexity index is 465. The summed E-state index contributed by atoms with van der Waals surface area (Å²) in [6.45, 7) is 0. The highest BCUT2D eigenvalue weighted by molar-refractivity contribution is 5.63. The van der Waals surface area contributed by atoms with E-state index in [9.17, 15) is 4.79 Å². The fraction of sp³-hybridized carbons (Fsp3) is 0.143. The van der Waals surface area contributed by atoms with Crippen LogP contribution >= 0.6 is 0 Å². The first-order valence-corrected chi connectivity index (χ1v) is 5.35. The maximum absolute atomic E-state index is 10.4. The molecule has 16 heavy (non-hydrogen) atoms. The van der Waals surface area contributed by atoms with Crippen molar-refractivity contribution in [3.63, 3.8) is 0 Å². The minimum atomic E-state index is 0.547. The van der Waals surface area contributed by atoms with Crippen LogP contribution in [-0.2, 0) is 11.2 Å². The average Bonchev–Trinajstić information content (AvgIpc) is 2.38. The molecule has 1 aromatic carbocycles. The molecule has 0 atom stereocenters. The van der Waals surface area contributed by atoms with Crippen molar-refractivity contribution >= 4 is 6.29 Å². The van der Waals surface area contributed by atoms with Crippen LogP contribution < -0.4 is 0 Å². The predicted octanol–water partition coefficient (Wildman–Crippen LogP) is 2.88. The van der Waals surface area contributed by atoms with Crippen LogP contribution in [0.2, 0.25) is 0 Å². The van der Waals surface area contributed by atoms with Crippen LogP contribution in [0.25, 0.3) is 11.3 Å². The van der Waals surface area contributed by atoms with Crippen molar-refractivity contribution < 1.29 is 4.79 Å². The normalized spacial score (nSPS) is 10.0. The number of aryl methyl sites for hydroxylation is 1. The van der Waals surface area contributed by atoms with Gasteiger partial charge in [-0.25, -0.2) is 0 Å². The number of carbonyl (C=O) groups excluding carboxylic acids is 1. The van der Waals surface area contributed by atoms with Crippen LogP contribution in [0, 0.1) is 0 Å². The first-order chi connectivity index (χ1) is 7.92. The second-order valence-corrected chi connectivity index (χ2v) is 3.58. The molecule has 80 valence electrons. The van der Waals surface area contributed by atoms with Crippen molar-refractivity contribution in [3.8, 4) is 11.3 Å².